The predicted molar refractivity (Wildman–Crippen MR) is 164 cm³/mol. The zero-order valence-electron chi connectivity index (χ0n) is 26.9. The van der Waals surface area contributed by atoms with E-state index in [-0.39, 0.29) is 55.1 Å². The highest BCUT2D eigenvalue weighted by Gasteiger charge is 2.61. The van der Waals surface area contributed by atoms with E-state index in [0.717, 1.165) is 74.8 Å². The van der Waals surface area contributed by atoms with E-state index in [9.17, 15) is 4.79 Å². The molecule has 238 valence electrons. The first-order valence-corrected chi connectivity index (χ1v) is 21.9. The molecule has 3 heterocycles. The van der Waals surface area contributed by atoms with Crippen molar-refractivity contribution >= 4 is 22.6 Å². The summed E-state index contributed by atoms with van der Waals surface area (Å²) in [5.74, 6) is -0.828. The Hall–Kier alpha value is -0.336. The third kappa shape index (κ3) is 7.32. The lowest BCUT2D eigenvalue weighted by Crippen LogP contribution is -2.64. The summed E-state index contributed by atoms with van der Waals surface area (Å²) in [6.07, 6.45) is 5.38. The second kappa shape index (κ2) is 14.6. The number of esters is 1. The van der Waals surface area contributed by atoms with Crippen LogP contribution in [0.15, 0.2) is 0 Å². The Balaban J connectivity index is 1.65. The second-order valence-corrected chi connectivity index (χ2v) is 22.3. The molecule has 0 aromatic rings. The molecular weight excluding hydrogens is 557 g/mol. The van der Waals surface area contributed by atoms with Gasteiger partial charge in [-0.3, -0.25) is 4.79 Å². The molecule has 0 amide bonds. The van der Waals surface area contributed by atoms with Crippen molar-refractivity contribution in [2.24, 2.45) is 0 Å². The van der Waals surface area contributed by atoms with Crippen molar-refractivity contribution in [3.05, 3.63) is 0 Å². The lowest BCUT2D eigenvalue weighted by atomic mass is 9.87. The third-order valence-corrected chi connectivity index (χ3v) is 20.2. The number of rotatable bonds is 14. The molecule has 1 aliphatic carbocycles. The lowest BCUT2D eigenvalue weighted by molar-refractivity contribution is -0.254. The van der Waals surface area contributed by atoms with E-state index < -0.39 is 22.4 Å². The molecule has 1 spiro atoms. The van der Waals surface area contributed by atoms with Gasteiger partial charge in [-0.15, -0.1) is 0 Å². The Morgan fingerprint density at radius 1 is 0.805 bits per heavy atom. The van der Waals surface area contributed by atoms with Crippen molar-refractivity contribution in [2.45, 2.75) is 178 Å². The molecule has 0 unspecified atom stereocenters. The fraction of sp³-hybridized carbons (Fsp3) is 0.968. The molecular formula is C31H58O8Si2. The van der Waals surface area contributed by atoms with Crippen LogP contribution in [0.3, 0.4) is 0 Å². The van der Waals surface area contributed by atoms with Gasteiger partial charge >= 0.3 is 5.97 Å². The maximum absolute atomic E-state index is 12.1. The quantitative estimate of drug-likeness (QED) is 0.158. The number of carbonyl (C=O) groups excluding carboxylic acids is 1. The van der Waals surface area contributed by atoms with Gasteiger partial charge in [-0.2, -0.15) is 0 Å². The first-order valence-electron chi connectivity index (χ1n) is 16.8. The third-order valence-electron chi connectivity index (χ3n) is 10.9. The SMILES string of the molecule is CC[Si](CC)(CC)OC[C@@H](O[Si](CC)(CC)CC)[C@@H]1O[C@H]2CC[C@H](CC(=O)OC)O[C@@H]2[C@@H]2OC3(CCCCC3)O[C@@H]21. The molecule has 8 nitrogen and oxygen atoms in total. The molecule has 0 aromatic heterocycles. The average molecular weight is 615 g/mol. The predicted octanol–water partition coefficient (Wildman–Crippen LogP) is 6.72. The van der Waals surface area contributed by atoms with Crippen LogP contribution in [0.1, 0.15) is 92.9 Å². The molecule has 7 atom stereocenters. The molecule has 1 saturated carbocycles. The van der Waals surface area contributed by atoms with E-state index in [0.29, 0.717) is 6.61 Å². The fourth-order valence-corrected chi connectivity index (χ4v) is 13.1. The van der Waals surface area contributed by atoms with Gasteiger partial charge < -0.3 is 32.5 Å². The Morgan fingerprint density at radius 2 is 1.41 bits per heavy atom. The van der Waals surface area contributed by atoms with Crippen molar-refractivity contribution in [3.8, 4) is 0 Å². The summed E-state index contributed by atoms with van der Waals surface area (Å²) in [5.41, 5.74) is 0. The van der Waals surface area contributed by atoms with Gasteiger partial charge in [-0.25, -0.2) is 0 Å². The summed E-state index contributed by atoms with van der Waals surface area (Å²) >= 11 is 0. The van der Waals surface area contributed by atoms with E-state index in [2.05, 4.69) is 41.5 Å². The number of carbonyl (C=O) groups is 1. The monoisotopic (exact) mass is 614 g/mol. The van der Waals surface area contributed by atoms with Crippen LogP contribution in [0.5, 0.6) is 0 Å². The minimum atomic E-state index is -1.98. The van der Waals surface area contributed by atoms with Crippen LogP contribution in [-0.4, -0.2) is 84.8 Å². The van der Waals surface area contributed by atoms with E-state index in [4.69, 9.17) is 32.5 Å². The minimum Gasteiger partial charge on any atom is -0.469 e. The molecule has 0 bridgehead atoms. The van der Waals surface area contributed by atoms with Crippen LogP contribution in [0.25, 0.3) is 0 Å². The summed E-state index contributed by atoms with van der Waals surface area (Å²) in [5, 5.41) is 0. The van der Waals surface area contributed by atoms with E-state index in [1.165, 1.54) is 13.5 Å². The Morgan fingerprint density at radius 3 is 2.00 bits per heavy atom. The molecule has 0 N–H and O–H groups in total. The Labute approximate surface area is 251 Å². The van der Waals surface area contributed by atoms with Gasteiger partial charge in [0, 0.05) is 12.8 Å². The van der Waals surface area contributed by atoms with E-state index in [1.54, 1.807) is 0 Å². The minimum absolute atomic E-state index is 0.130. The molecule has 4 fully saturated rings. The summed E-state index contributed by atoms with van der Waals surface area (Å²) in [4.78, 5) is 12.1. The highest BCUT2D eigenvalue weighted by molar-refractivity contribution is 6.74. The highest BCUT2D eigenvalue weighted by Crippen LogP contribution is 2.48. The number of hydrogen-bond acceptors (Lipinski definition) is 8. The maximum Gasteiger partial charge on any atom is 0.308 e. The molecule has 0 radical (unpaired) electrons. The maximum atomic E-state index is 12.1. The second-order valence-electron chi connectivity index (χ2n) is 12.8. The number of fused-ring (bicyclic) bond motifs is 3. The van der Waals surface area contributed by atoms with E-state index in [1.807, 2.05) is 0 Å². The van der Waals surface area contributed by atoms with E-state index >= 15 is 0 Å². The van der Waals surface area contributed by atoms with Crippen molar-refractivity contribution in [1.82, 2.24) is 0 Å². The summed E-state index contributed by atoms with van der Waals surface area (Å²) < 4.78 is 46.7. The summed E-state index contributed by atoms with van der Waals surface area (Å²) in [7, 11) is -2.40. The van der Waals surface area contributed by atoms with Gasteiger partial charge in [0.25, 0.3) is 0 Å². The molecule has 10 heteroatoms. The number of ether oxygens (including phenoxy) is 5. The van der Waals surface area contributed by atoms with Crippen molar-refractivity contribution in [1.29, 1.82) is 0 Å². The highest BCUT2D eigenvalue weighted by atomic mass is 28.4. The largest absolute Gasteiger partial charge is 0.469 e. The summed E-state index contributed by atoms with van der Waals surface area (Å²) in [6, 6.07) is 6.52. The van der Waals surface area contributed by atoms with Crippen molar-refractivity contribution < 1.29 is 37.3 Å². The average Bonchev–Trinajstić information content (AvgIpc) is 3.38. The zero-order chi connectivity index (χ0) is 29.7. The van der Waals surface area contributed by atoms with Gasteiger partial charge in [-0.1, -0.05) is 48.0 Å². The molecule has 41 heavy (non-hydrogen) atoms. The van der Waals surface area contributed by atoms with Crippen LogP contribution in [0.4, 0.5) is 0 Å². The lowest BCUT2D eigenvalue weighted by Gasteiger charge is -2.49. The van der Waals surface area contributed by atoms with Gasteiger partial charge in [0.05, 0.1) is 38.4 Å². The van der Waals surface area contributed by atoms with Crippen LogP contribution in [0, 0.1) is 0 Å². The number of methoxy groups -OCH3 is 1. The number of hydrogen-bond donors (Lipinski definition) is 0. The normalized spacial score (nSPS) is 32.4. The van der Waals surface area contributed by atoms with Crippen molar-refractivity contribution in [2.75, 3.05) is 13.7 Å². The topological polar surface area (TPSA) is 81.7 Å². The molecule has 3 aliphatic heterocycles. The van der Waals surface area contributed by atoms with Gasteiger partial charge in [0.1, 0.15) is 24.4 Å². The Kier molecular flexibility index (Phi) is 12.0. The first-order chi connectivity index (χ1) is 19.7. The van der Waals surface area contributed by atoms with Crippen LogP contribution in [0.2, 0.25) is 36.3 Å². The zero-order valence-corrected chi connectivity index (χ0v) is 28.9. The van der Waals surface area contributed by atoms with Gasteiger partial charge in [0.2, 0.25) is 0 Å². The Bertz CT molecular complexity index is 812. The van der Waals surface area contributed by atoms with Crippen LogP contribution >= 0.6 is 0 Å². The molecule has 3 saturated heterocycles. The molecule has 0 aromatic carbocycles. The smallest absolute Gasteiger partial charge is 0.308 e. The fourth-order valence-electron chi connectivity index (χ4n) is 7.65. The van der Waals surface area contributed by atoms with Gasteiger partial charge in [-0.05, 0) is 61.9 Å². The van der Waals surface area contributed by atoms with Gasteiger partial charge in [0.15, 0.2) is 22.4 Å². The van der Waals surface area contributed by atoms with Crippen LogP contribution < -0.4 is 0 Å². The standard InChI is InChI=1S/C31H58O8Si2/c1-8-40(9-2,10-3)34-22-25(39-41(11-4,12-5)13-6)28-30-29(37-31(38-30)19-15-14-16-20-31)27-24(36-28)18-17-23(35-27)21-26(32)33-7/h23-25,27-30H,8-22H2,1-7H3/t23-,24+,25-,27+,28+,29+,30-/m1/s1. The molecule has 4 rings (SSSR count). The van der Waals surface area contributed by atoms with Crippen LogP contribution in [-0.2, 0) is 37.3 Å². The van der Waals surface area contributed by atoms with Crippen molar-refractivity contribution in [3.63, 3.8) is 0 Å². The molecule has 4 aliphatic rings. The first kappa shape index (κ1) is 33.6. The summed E-state index contributed by atoms with van der Waals surface area (Å²) in [6.45, 7) is 14.2.